The average molecular weight is 770 g/mol. The van der Waals surface area contributed by atoms with Gasteiger partial charge in [0.05, 0.1) is 5.41 Å². The standard InChI is InChI=1S/C57H39NS/c1-5-16-40(17-6-1)42-28-33-48(34-29-42)58(49-35-30-43(31-36-49)41-18-7-2-8-19-41)50-25-15-20-44(38-50)45-32-37-53-52(39-45)56-55(51-26-13-14-27-54(51)59-56)57(53,46-21-9-3-10-22-46)47-23-11-4-12-24-47/h1-39H. The second kappa shape index (κ2) is 14.6. The zero-order chi connectivity index (χ0) is 39.2. The lowest BCUT2D eigenvalue weighted by molar-refractivity contribution is 0.777. The van der Waals surface area contributed by atoms with Gasteiger partial charge >= 0.3 is 0 Å². The summed E-state index contributed by atoms with van der Waals surface area (Å²) >= 11 is 1.92. The molecule has 0 saturated heterocycles. The molecule has 11 rings (SSSR count). The van der Waals surface area contributed by atoms with E-state index in [1.807, 2.05) is 11.3 Å². The first-order chi connectivity index (χ1) is 29.3. The van der Waals surface area contributed by atoms with Crippen LogP contribution in [-0.4, -0.2) is 0 Å². The van der Waals surface area contributed by atoms with Gasteiger partial charge in [-0.15, -0.1) is 11.3 Å². The van der Waals surface area contributed by atoms with E-state index < -0.39 is 5.41 Å². The second-order valence-electron chi connectivity index (χ2n) is 15.3. The van der Waals surface area contributed by atoms with Crippen molar-refractivity contribution in [1.29, 1.82) is 0 Å². The molecule has 0 saturated carbocycles. The summed E-state index contributed by atoms with van der Waals surface area (Å²) in [5, 5.41) is 1.33. The molecule has 0 aliphatic heterocycles. The maximum absolute atomic E-state index is 2.45. The molecular formula is C57H39NS. The van der Waals surface area contributed by atoms with Gasteiger partial charge < -0.3 is 4.90 Å². The van der Waals surface area contributed by atoms with E-state index in [4.69, 9.17) is 0 Å². The number of rotatable bonds is 8. The van der Waals surface area contributed by atoms with Crippen molar-refractivity contribution in [3.05, 3.63) is 259 Å². The molecule has 0 atom stereocenters. The van der Waals surface area contributed by atoms with Crippen LogP contribution in [0.5, 0.6) is 0 Å². The Morgan fingerprint density at radius 3 is 1.37 bits per heavy atom. The van der Waals surface area contributed by atoms with Gasteiger partial charge in [-0.05, 0) is 115 Å². The molecule has 0 N–H and O–H groups in total. The first-order valence-corrected chi connectivity index (χ1v) is 21.1. The molecule has 1 aliphatic carbocycles. The van der Waals surface area contributed by atoms with E-state index in [0.29, 0.717) is 0 Å². The van der Waals surface area contributed by atoms with E-state index in [1.54, 1.807) is 0 Å². The number of anilines is 3. The third kappa shape index (κ3) is 5.92. The first kappa shape index (κ1) is 34.9. The lowest BCUT2D eigenvalue weighted by Gasteiger charge is -2.34. The van der Waals surface area contributed by atoms with Crippen molar-refractivity contribution in [2.24, 2.45) is 0 Å². The summed E-state index contributed by atoms with van der Waals surface area (Å²) in [4.78, 5) is 3.73. The third-order valence-electron chi connectivity index (χ3n) is 12.0. The number of thiophene rings is 1. The lowest BCUT2D eigenvalue weighted by Crippen LogP contribution is -2.28. The molecule has 0 amide bonds. The van der Waals surface area contributed by atoms with Crippen molar-refractivity contribution in [1.82, 2.24) is 0 Å². The van der Waals surface area contributed by atoms with E-state index in [0.717, 1.165) is 17.1 Å². The average Bonchev–Trinajstić information content (AvgIpc) is 3.84. The van der Waals surface area contributed by atoms with Crippen LogP contribution in [0.25, 0.3) is 53.9 Å². The van der Waals surface area contributed by atoms with E-state index in [1.165, 1.54) is 76.2 Å². The van der Waals surface area contributed by atoms with Crippen LogP contribution in [0.4, 0.5) is 17.1 Å². The van der Waals surface area contributed by atoms with Crippen LogP contribution in [-0.2, 0) is 5.41 Å². The Hall–Kier alpha value is -7.26. The Balaban J connectivity index is 1.06. The maximum atomic E-state index is 2.45. The summed E-state index contributed by atoms with van der Waals surface area (Å²) in [6.07, 6.45) is 0. The first-order valence-electron chi connectivity index (χ1n) is 20.3. The van der Waals surface area contributed by atoms with Crippen LogP contribution < -0.4 is 4.90 Å². The summed E-state index contributed by atoms with van der Waals surface area (Å²) in [6.45, 7) is 0. The summed E-state index contributed by atoms with van der Waals surface area (Å²) in [6, 6.07) is 86.5. The Kier molecular flexibility index (Phi) is 8.65. The number of fused-ring (bicyclic) bond motifs is 5. The fourth-order valence-corrected chi connectivity index (χ4v) is 10.6. The van der Waals surface area contributed by atoms with Crippen molar-refractivity contribution < 1.29 is 0 Å². The quantitative estimate of drug-likeness (QED) is 0.149. The second-order valence-corrected chi connectivity index (χ2v) is 16.3. The SMILES string of the molecule is c1ccc(-c2ccc(N(c3ccc(-c4ccccc4)cc3)c3cccc(-c4ccc5c(c4)-c4sc6ccccc6c4C5(c4ccccc4)c4ccccc4)c3)cc2)cc1. The van der Waals surface area contributed by atoms with E-state index in [9.17, 15) is 0 Å². The fourth-order valence-electron chi connectivity index (χ4n) is 9.26. The summed E-state index contributed by atoms with van der Waals surface area (Å²) in [5.74, 6) is 0. The zero-order valence-electron chi connectivity index (χ0n) is 32.4. The van der Waals surface area contributed by atoms with Crippen LogP contribution in [0.3, 0.4) is 0 Å². The van der Waals surface area contributed by atoms with Gasteiger partial charge in [0.1, 0.15) is 0 Å². The van der Waals surface area contributed by atoms with Gasteiger partial charge in [0.15, 0.2) is 0 Å². The molecule has 0 spiro atoms. The zero-order valence-corrected chi connectivity index (χ0v) is 33.2. The predicted molar refractivity (Wildman–Crippen MR) is 250 cm³/mol. The molecular weight excluding hydrogens is 731 g/mol. The third-order valence-corrected chi connectivity index (χ3v) is 13.2. The van der Waals surface area contributed by atoms with E-state index in [-0.39, 0.29) is 0 Å². The van der Waals surface area contributed by atoms with Gasteiger partial charge in [0.2, 0.25) is 0 Å². The highest BCUT2D eigenvalue weighted by atomic mass is 32.1. The van der Waals surface area contributed by atoms with Crippen LogP contribution in [0.1, 0.15) is 22.3 Å². The van der Waals surface area contributed by atoms with Gasteiger partial charge in [0, 0.05) is 26.6 Å². The van der Waals surface area contributed by atoms with Crippen LogP contribution in [0, 0.1) is 0 Å². The van der Waals surface area contributed by atoms with E-state index in [2.05, 4.69) is 241 Å². The molecule has 1 aliphatic rings. The van der Waals surface area contributed by atoms with E-state index >= 15 is 0 Å². The number of nitrogens with zero attached hydrogens (tertiary/aromatic N) is 1. The highest BCUT2D eigenvalue weighted by Gasteiger charge is 2.48. The van der Waals surface area contributed by atoms with Crippen LogP contribution in [0.15, 0.2) is 237 Å². The summed E-state index contributed by atoms with van der Waals surface area (Å²) in [5.41, 5.74) is 16.7. The molecule has 0 radical (unpaired) electrons. The molecule has 59 heavy (non-hydrogen) atoms. The van der Waals surface area contributed by atoms with Crippen molar-refractivity contribution in [2.75, 3.05) is 4.90 Å². The van der Waals surface area contributed by atoms with Crippen molar-refractivity contribution in [3.63, 3.8) is 0 Å². The van der Waals surface area contributed by atoms with Crippen molar-refractivity contribution in [2.45, 2.75) is 5.41 Å². The minimum Gasteiger partial charge on any atom is -0.310 e. The smallest absolute Gasteiger partial charge is 0.0728 e. The highest BCUT2D eigenvalue weighted by Crippen LogP contribution is 2.61. The molecule has 278 valence electrons. The number of hydrogen-bond acceptors (Lipinski definition) is 2. The highest BCUT2D eigenvalue weighted by molar-refractivity contribution is 7.22. The fraction of sp³-hybridized carbons (Fsp3) is 0.0175. The number of benzene rings is 9. The predicted octanol–water partition coefficient (Wildman–Crippen LogP) is 15.7. The molecule has 1 heterocycles. The Bertz CT molecular complexity index is 2940. The van der Waals surface area contributed by atoms with Gasteiger partial charge in [-0.25, -0.2) is 0 Å². The minimum absolute atomic E-state index is 0.443. The summed E-state index contributed by atoms with van der Waals surface area (Å²) in [7, 11) is 0. The van der Waals surface area contributed by atoms with Crippen molar-refractivity contribution >= 4 is 38.5 Å². The Morgan fingerprint density at radius 1 is 0.339 bits per heavy atom. The minimum atomic E-state index is -0.443. The van der Waals surface area contributed by atoms with Crippen molar-refractivity contribution in [3.8, 4) is 43.8 Å². The molecule has 9 aromatic carbocycles. The van der Waals surface area contributed by atoms with Crippen LogP contribution >= 0.6 is 11.3 Å². The molecule has 2 heteroatoms. The normalized spacial score (nSPS) is 12.5. The Labute approximate surface area is 349 Å². The largest absolute Gasteiger partial charge is 0.310 e. The van der Waals surface area contributed by atoms with Gasteiger partial charge in [-0.2, -0.15) is 0 Å². The molecule has 0 unspecified atom stereocenters. The summed E-state index contributed by atoms with van der Waals surface area (Å²) < 4.78 is 1.32. The maximum Gasteiger partial charge on any atom is 0.0728 e. The van der Waals surface area contributed by atoms with Crippen LogP contribution in [0.2, 0.25) is 0 Å². The number of hydrogen-bond donors (Lipinski definition) is 0. The molecule has 1 nitrogen and oxygen atoms in total. The Morgan fingerprint density at radius 2 is 0.797 bits per heavy atom. The van der Waals surface area contributed by atoms with Gasteiger partial charge in [-0.3, -0.25) is 0 Å². The lowest BCUT2D eigenvalue weighted by atomic mass is 9.67. The molecule has 1 aromatic heterocycles. The van der Waals surface area contributed by atoms with Gasteiger partial charge in [-0.1, -0.05) is 188 Å². The van der Waals surface area contributed by atoms with Gasteiger partial charge in [0.25, 0.3) is 0 Å². The molecule has 0 bridgehead atoms. The molecule has 0 fully saturated rings. The topological polar surface area (TPSA) is 3.24 Å². The monoisotopic (exact) mass is 769 g/mol. The molecule has 10 aromatic rings.